The quantitative estimate of drug-likeness (QED) is 0.701. The fourth-order valence-electron chi connectivity index (χ4n) is 4.86. The second-order valence-electron chi connectivity index (χ2n) is 8.34. The Labute approximate surface area is 162 Å². The predicted octanol–water partition coefficient (Wildman–Crippen LogP) is 5.50. The summed E-state index contributed by atoms with van der Waals surface area (Å²) in [5.41, 5.74) is 4.54. The molecule has 0 bridgehead atoms. The summed E-state index contributed by atoms with van der Waals surface area (Å²) < 4.78 is 0. The molecule has 0 aromatic heterocycles. The van der Waals surface area contributed by atoms with Gasteiger partial charge in [-0.2, -0.15) is 0 Å². The number of nitrogens with one attached hydrogen (secondary N) is 1. The average Bonchev–Trinajstić information content (AvgIpc) is 3.14. The lowest BCUT2D eigenvalue weighted by molar-refractivity contribution is 0.285. The van der Waals surface area contributed by atoms with Crippen molar-refractivity contribution in [3.63, 3.8) is 0 Å². The molecule has 0 amide bonds. The lowest BCUT2D eigenvalue weighted by atomic mass is 9.87. The van der Waals surface area contributed by atoms with Gasteiger partial charge in [0.2, 0.25) is 0 Å². The molecule has 2 saturated heterocycles. The number of nitrogens with zero attached hydrogens (tertiary/aromatic N) is 1. The minimum Gasteiger partial charge on any atom is -0.384 e. The maximum Gasteiger partial charge on any atom is 0.0376 e. The highest BCUT2D eigenvalue weighted by molar-refractivity contribution is 8.27. The summed E-state index contributed by atoms with van der Waals surface area (Å²) in [6, 6.07) is 8.03. The molecule has 0 radical (unpaired) electrons. The highest BCUT2D eigenvalue weighted by Crippen LogP contribution is 2.42. The molecule has 2 nitrogen and oxygen atoms in total. The van der Waals surface area contributed by atoms with Gasteiger partial charge in [0.1, 0.15) is 0 Å². The minimum atomic E-state index is -0.786. The van der Waals surface area contributed by atoms with Crippen molar-refractivity contribution in [2.45, 2.75) is 64.8 Å². The first kappa shape index (κ1) is 21.4. The number of anilines is 1. The third-order valence-electron chi connectivity index (χ3n) is 6.55. The fraction of sp³-hybridized carbons (Fsp3) is 0.652. The van der Waals surface area contributed by atoms with E-state index in [1.807, 2.05) is 0 Å². The molecular weight excluding hydrogens is 336 g/mol. The lowest BCUT2D eigenvalue weighted by Crippen LogP contribution is -2.27. The third-order valence-corrected chi connectivity index (χ3v) is 8.76. The van der Waals surface area contributed by atoms with Crippen LogP contribution in [0.3, 0.4) is 0 Å². The second-order valence-corrected chi connectivity index (χ2v) is 11.6. The molecule has 0 aliphatic carbocycles. The largest absolute Gasteiger partial charge is 0.384 e. The van der Waals surface area contributed by atoms with Gasteiger partial charge < -0.3 is 10.2 Å². The topological polar surface area (TPSA) is 15.3 Å². The smallest absolute Gasteiger partial charge is 0.0376 e. The molecule has 148 valence electrons. The van der Waals surface area contributed by atoms with Crippen LogP contribution in [-0.2, 0) is 0 Å². The Morgan fingerprint density at radius 1 is 1.15 bits per heavy atom. The maximum atomic E-state index is 4.35. The highest BCUT2D eigenvalue weighted by atomic mass is 32.2. The summed E-state index contributed by atoms with van der Waals surface area (Å²) >= 11 is 0. The second kappa shape index (κ2) is 8.39. The normalized spacial score (nSPS) is 27.9. The van der Waals surface area contributed by atoms with Gasteiger partial charge in [-0.25, -0.2) is 9.21 Å². The van der Waals surface area contributed by atoms with Crippen molar-refractivity contribution >= 4 is 26.6 Å². The van der Waals surface area contributed by atoms with Crippen molar-refractivity contribution in [3.05, 3.63) is 29.3 Å². The Morgan fingerprint density at radius 3 is 2.54 bits per heavy atom. The van der Waals surface area contributed by atoms with Crippen LogP contribution in [0.2, 0.25) is 0 Å². The van der Waals surface area contributed by atoms with Crippen molar-refractivity contribution in [2.24, 2.45) is 0 Å². The molecule has 2 fully saturated rings. The standard InChI is InChI=1S/C21H32N2S.2CH4/c1-23-10-4-5-19(23)13-18-15-22-21-7-6-17(14-20(18)21)16-8-11-24(2,3)12-9-16;;/h6-7,14,16,18-19,22H,2-5,8-13,15H2,1H3;2*1H4. The molecule has 1 N–H and O–H groups in total. The molecule has 2 atom stereocenters. The Balaban J connectivity index is 0.00000121. The summed E-state index contributed by atoms with van der Waals surface area (Å²) in [4.78, 5) is 2.56. The SMILES string of the molecule is C.C.C=S1(=C)CCC(c2ccc3c(c2)C(CC2CCCN2C)CN3)CC1. The Hall–Kier alpha value is -0.930. The first-order valence-electron chi connectivity index (χ1n) is 9.54. The first-order valence-corrected chi connectivity index (χ1v) is 11.9. The Kier molecular flexibility index (Phi) is 6.90. The number of benzene rings is 1. The fourth-order valence-corrected chi connectivity index (χ4v) is 6.63. The van der Waals surface area contributed by atoms with E-state index in [1.165, 1.54) is 55.8 Å². The highest BCUT2D eigenvalue weighted by Gasteiger charge is 2.30. The van der Waals surface area contributed by atoms with Crippen molar-refractivity contribution in [1.82, 2.24) is 4.90 Å². The van der Waals surface area contributed by atoms with Gasteiger partial charge in [0.15, 0.2) is 0 Å². The van der Waals surface area contributed by atoms with Gasteiger partial charge in [-0.05, 0) is 80.3 Å². The lowest BCUT2D eigenvalue weighted by Gasteiger charge is -2.29. The van der Waals surface area contributed by atoms with Gasteiger partial charge in [0.05, 0.1) is 0 Å². The zero-order chi connectivity index (χ0) is 16.7. The van der Waals surface area contributed by atoms with Gasteiger partial charge in [0, 0.05) is 24.2 Å². The van der Waals surface area contributed by atoms with Gasteiger partial charge in [-0.15, -0.1) is 0 Å². The van der Waals surface area contributed by atoms with E-state index in [-0.39, 0.29) is 14.9 Å². The van der Waals surface area contributed by atoms with Crippen molar-refractivity contribution in [1.29, 1.82) is 0 Å². The minimum absolute atomic E-state index is 0. The van der Waals surface area contributed by atoms with E-state index in [1.54, 1.807) is 11.1 Å². The molecule has 26 heavy (non-hydrogen) atoms. The van der Waals surface area contributed by atoms with Crippen molar-refractivity contribution in [3.8, 4) is 0 Å². The first-order chi connectivity index (χ1) is 11.5. The zero-order valence-corrected chi connectivity index (χ0v) is 15.9. The van der Waals surface area contributed by atoms with E-state index in [0.29, 0.717) is 5.92 Å². The number of rotatable bonds is 3. The van der Waals surface area contributed by atoms with E-state index in [9.17, 15) is 0 Å². The van der Waals surface area contributed by atoms with Gasteiger partial charge in [-0.3, -0.25) is 0 Å². The van der Waals surface area contributed by atoms with Crippen LogP contribution in [0.5, 0.6) is 0 Å². The van der Waals surface area contributed by atoms with E-state index in [0.717, 1.165) is 18.5 Å². The van der Waals surface area contributed by atoms with Crippen LogP contribution in [0, 0.1) is 0 Å². The molecule has 1 aromatic carbocycles. The number of likely N-dealkylation sites (tertiary alicyclic amines) is 1. The third kappa shape index (κ3) is 4.31. The van der Waals surface area contributed by atoms with Gasteiger partial charge in [-0.1, -0.05) is 38.7 Å². The maximum absolute atomic E-state index is 4.35. The van der Waals surface area contributed by atoms with Crippen LogP contribution >= 0.6 is 9.21 Å². The summed E-state index contributed by atoms with van der Waals surface area (Å²) in [6.07, 6.45) is 6.63. The van der Waals surface area contributed by atoms with Crippen LogP contribution in [0.25, 0.3) is 0 Å². The van der Waals surface area contributed by atoms with Crippen molar-refractivity contribution in [2.75, 3.05) is 37.0 Å². The summed E-state index contributed by atoms with van der Waals surface area (Å²) in [6.45, 7) is 2.40. The Morgan fingerprint density at radius 2 is 1.88 bits per heavy atom. The van der Waals surface area contributed by atoms with Crippen LogP contribution in [0.1, 0.15) is 69.9 Å². The molecule has 3 aliphatic rings. The number of hydrogen-bond donors (Lipinski definition) is 1. The van der Waals surface area contributed by atoms with Crippen LogP contribution in [-0.4, -0.2) is 54.3 Å². The predicted molar refractivity (Wildman–Crippen MR) is 125 cm³/mol. The van der Waals surface area contributed by atoms with Crippen LogP contribution in [0.4, 0.5) is 5.69 Å². The summed E-state index contributed by atoms with van der Waals surface area (Å²) in [5, 5.41) is 3.65. The van der Waals surface area contributed by atoms with E-state index >= 15 is 0 Å². The van der Waals surface area contributed by atoms with E-state index < -0.39 is 9.21 Å². The Bertz CT molecular complexity index is 693. The molecule has 0 spiro atoms. The molecule has 0 saturated carbocycles. The number of fused-ring (bicyclic) bond motifs is 1. The molecule has 2 unspecified atom stereocenters. The van der Waals surface area contributed by atoms with Crippen LogP contribution in [0.15, 0.2) is 18.2 Å². The molecule has 1 aromatic rings. The zero-order valence-electron chi connectivity index (χ0n) is 15.1. The molecule has 3 heterocycles. The summed E-state index contributed by atoms with van der Waals surface area (Å²) in [5.74, 6) is 12.6. The monoisotopic (exact) mass is 376 g/mol. The van der Waals surface area contributed by atoms with Gasteiger partial charge in [0.25, 0.3) is 0 Å². The van der Waals surface area contributed by atoms with E-state index in [2.05, 4.69) is 47.2 Å². The van der Waals surface area contributed by atoms with Crippen molar-refractivity contribution < 1.29 is 0 Å². The molecule has 3 aliphatic heterocycles. The van der Waals surface area contributed by atoms with Crippen LogP contribution < -0.4 is 5.32 Å². The number of hydrogen-bond acceptors (Lipinski definition) is 2. The van der Waals surface area contributed by atoms with E-state index in [4.69, 9.17) is 0 Å². The summed E-state index contributed by atoms with van der Waals surface area (Å²) in [7, 11) is 1.51. The molecule has 4 rings (SSSR count). The molecular formula is C23H40N2S. The molecule has 3 heteroatoms. The van der Waals surface area contributed by atoms with Gasteiger partial charge >= 0.3 is 0 Å². The average molecular weight is 377 g/mol.